The maximum absolute atomic E-state index is 12.5. The van der Waals surface area contributed by atoms with Crippen LogP contribution < -0.4 is 15.4 Å². The van der Waals surface area contributed by atoms with Gasteiger partial charge in [0.2, 0.25) is 11.3 Å². The Hall–Kier alpha value is -3.89. The van der Waals surface area contributed by atoms with Gasteiger partial charge in [-0.1, -0.05) is 18.2 Å². The lowest BCUT2D eigenvalue weighted by Crippen LogP contribution is -2.17. The van der Waals surface area contributed by atoms with Crippen molar-refractivity contribution in [2.75, 3.05) is 10.6 Å². The van der Waals surface area contributed by atoms with Gasteiger partial charge < -0.3 is 15.4 Å². The van der Waals surface area contributed by atoms with Gasteiger partial charge in [-0.3, -0.25) is 0 Å². The molecule has 148 valence electrons. The molecule has 0 saturated heterocycles. The summed E-state index contributed by atoms with van der Waals surface area (Å²) in [7, 11) is 0. The van der Waals surface area contributed by atoms with Gasteiger partial charge in [0, 0.05) is 17.4 Å². The van der Waals surface area contributed by atoms with E-state index in [9.17, 15) is 13.2 Å². The van der Waals surface area contributed by atoms with Crippen molar-refractivity contribution in [2.45, 2.75) is 13.3 Å². The number of anilines is 4. The molecule has 8 nitrogen and oxygen atoms in total. The highest BCUT2D eigenvalue weighted by Gasteiger charge is 2.31. The summed E-state index contributed by atoms with van der Waals surface area (Å²) >= 11 is 0. The van der Waals surface area contributed by atoms with Crippen LogP contribution in [-0.4, -0.2) is 26.6 Å². The van der Waals surface area contributed by atoms with E-state index in [4.69, 9.17) is 0 Å². The van der Waals surface area contributed by atoms with Crippen LogP contribution in [0.2, 0.25) is 0 Å². The zero-order valence-corrected chi connectivity index (χ0v) is 14.9. The smallest absolute Gasteiger partial charge is 0.406 e. The van der Waals surface area contributed by atoms with Crippen LogP contribution in [0.5, 0.6) is 5.75 Å². The number of hydrogen-bond acceptors (Lipinski definition) is 8. The molecule has 0 bridgehead atoms. The van der Waals surface area contributed by atoms with E-state index < -0.39 is 6.36 Å². The SMILES string of the molecule is Cc1cccc(Nc2nc3nonc3nc2Nc2cccc(OC(F)(F)F)c2)c1. The van der Waals surface area contributed by atoms with Crippen molar-refractivity contribution in [3.8, 4) is 5.75 Å². The maximum Gasteiger partial charge on any atom is 0.573 e. The predicted octanol–water partition coefficient (Wildman–Crippen LogP) is 4.71. The van der Waals surface area contributed by atoms with Crippen molar-refractivity contribution in [1.82, 2.24) is 20.3 Å². The summed E-state index contributed by atoms with van der Waals surface area (Å²) in [5, 5.41) is 13.4. The number of fused-ring (bicyclic) bond motifs is 1. The molecule has 0 aliphatic rings. The van der Waals surface area contributed by atoms with Crippen LogP contribution in [0.1, 0.15) is 5.56 Å². The van der Waals surface area contributed by atoms with E-state index in [-0.39, 0.29) is 22.9 Å². The number of alkyl halides is 3. The molecule has 0 radical (unpaired) electrons. The summed E-state index contributed by atoms with van der Waals surface area (Å²) in [6.07, 6.45) is -4.79. The maximum atomic E-state index is 12.5. The molecule has 2 aromatic carbocycles. The average Bonchev–Trinajstić information content (AvgIpc) is 3.08. The Morgan fingerprint density at radius 3 is 2.03 bits per heavy atom. The minimum absolute atomic E-state index is 0.144. The fraction of sp³-hybridized carbons (Fsp3) is 0.111. The molecule has 0 spiro atoms. The van der Waals surface area contributed by atoms with E-state index in [1.807, 2.05) is 31.2 Å². The van der Waals surface area contributed by atoms with Crippen molar-refractivity contribution >= 4 is 34.3 Å². The number of hydrogen-bond donors (Lipinski definition) is 2. The number of nitrogens with one attached hydrogen (secondary N) is 2. The van der Waals surface area contributed by atoms with Crippen molar-refractivity contribution in [3.63, 3.8) is 0 Å². The fourth-order valence-electron chi connectivity index (χ4n) is 2.58. The van der Waals surface area contributed by atoms with Crippen LogP contribution in [0.15, 0.2) is 53.2 Å². The Balaban J connectivity index is 1.68. The molecule has 2 aromatic heterocycles. The van der Waals surface area contributed by atoms with Crippen LogP contribution in [-0.2, 0) is 0 Å². The minimum atomic E-state index is -4.79. The van der Waals surface area contributed by atoms with Crippen molar-refractivity contribution in [3.05, 3.63) is 54.1 Å². The topological polar surface area (TPSA) is 98.0 Å². The number of rotatable bonds is 5. The Bertz CT molecular complexity index is 1160. The molecule has 0 fully saturated rings. The highest BCUT2D eigenvalue weighted by atomic mass is 19.4. The third-order valence-electron chi connectivity index (χ3n) is 3.73. The zero-order valence-electron chi connectivity index (χ0n) is 14.9. The second kappa shape index (κ2) is 7.26. The number of ether oxygens (including phenoxy) is 1. The van der Waals surface area contributed by atoms with Gasteiger partial charge in [-0.05, 0) is 47.1 Å². The first-order valence-corrected chi connectivity index (χ1v) is 8.32. The van der Waals surface area contributed by atoms with E-state index in [0.717, 1.165) is 11.3 Å². The van der Waals surface area contributed by atoms with Gasteiger partial charge in [0.1, 0.15) is 5.75 Å². The number of benzene rings is 2. The van der Waals surface area contributed by atoms with E-state index in [1.54, 1.807) is 6.07 Å². The molecule has 0 aliphatic heterocycles. The molecule has 4 rings (SSSR count). The molecule has 2 N–H and O–H groups in total. The van der Waals surface area contributed by atoms with Gasteiger partial charge in [0.15, 0.2) is 11.6 Å². The van der Waals surface area contributed by atoms with Crippen LogP contribution >= 0.6 is 0 Å². The molecule has 0 unspecified atom stereocenters. The molecule has 4 aromatic rings. The van der Waals surface area contributed by atoms with E-state index >= 15 is 0 Å². The summed E-state index contributed by atoms with van der Waals surface area (Å²) in [6, 6.07) is 12.9. The second-order valence-electron chi connectivity index (χ2n) is 6.03. The van der Waals surface area contributed by atoms with E-state index in [2.05, 4.69) is 40.3 Å². The molecular formula is C18H13F3N6O2. The van der Waals surface area contributed by atoms with E-state index in [0.29, 0.717) is 11.5 Å². The van der Waals surface area contributed by atoms with Crippen LogP contribution in [0.3, 0.4) is 0 Å². The minimum Gasteiger partial charge on any atom is -0.406 e. The highest BCUT2D eigenvalue weighted by molar-refractivity contribution is 5.79. The van der Waals surface area contributed by atoms with Gasteiger partial charge in [-0.2, -0.15) is 0 Å². The average molecular weight is 402 g/mol. The molecule has 11 heteroatoms. The van der Waals surface area contributed by atoms with Crippen LogP contribution in [0, 0.1) is 6.92 Å². The van der Waals surface area contributed by atoms with Gasteiger partial charge in [0.05, 0.1) is 0 Å². The second-order valence-corrected chi connectivity index (χ2v) is 6.03. The fourth-order valence-corrected chi connectivity index (χ4v) is 2.58. The number of aromatic nitrogens is 4. The molecule has 0 atom stereocenters. The lowest BCUT2D eigenvalue weighted by atomic mass is 10.2. The van der Waals surface area contributed by atoms with Gasteiger partial charge in [-0.15, -0.1) is 13.2 Å². The summed E-state index contributed by atoms with van der Waals surface area (Å²) in [4.78, 5) is 8.61. The third-order valence-corrected chi connectivity index (χ3v) is 3.73. The Morgan fingerprint density at radius 1 is 0.862 bits per heavy atom. The van der Waals surface area contributed by atoms with Crippen LogP contribution in [0.25, 0.3) is 11.3 Å². The third kappa shape index (κ3) is 4.51. The first-order chi connectivity index (χ1) is 13.9. The Labute approximate surface area is 161 Å². The van der Waals surface area contributed by atoms with Crippen molar-refractivity contribution in [1.29, 1.82) is 0 Å². The van der Waals surface area contributed by atoms with Crippen molar-refractivity contribution < 1.29 is 22.5 Å². The van der Waals surface area contributed by atoms with Gasteiger partial charge in [0.25, 0.3) is 0 Å². The molecular weight excluding hydrogens is 389 g/mol. The number of aryl methyl sites for hydroxylation is 1. The molecule has 0 saturated carbocycles. The van der Waals surface area contributed by atoms with Gasteiger partial charge >= 0.3 is 6.36 Å². The predicted molar refractivity (Wildman–Crippen MR) is 98.3 cm³/mol. The lowest BCUT2D eigenvalue weighted by Gasteiger charge is -2.13. The summed E-state index contributed by atoms with van der Waals surface area (Å²) in [6.45, 7) is 1.94. The Morgan fingerprint density at radius 2 is 1.45 bits per heavy atom. The highest BCUT2D eigenvalue weighted by Crippen LogP contribution is 2.30. The Kier molecular flexibility index (Phi) is 4.63. The van der Waals surface area contributed by atoms with Crippen molar-refractivity contribution in [2.24, 2.45) is 0 Å². The first kappa shape index (κ1) is 18.5. The normalized spacial score (nSPS) is 11.4. The summed E-state index contributed by atoms with van der Waals surface area (Å²) in [5.41, 5.74) is 2.40. The first-order valence-electron chi connectivity index (χ1n) is 8.32. The quantitative estimate of drug-likeness (QED) is 0.495. The standard InChI is InChI=1S/C18H13F3N6O2/c1-10-4-2-5-11(8-10)22-14-15(25-17-16(24-14)26-29-27-17)23-12-6-3-7-13(9-12)28-18(19,20)21/h2-9H,1H3,(H,22,24,26)(H,23,25,27). The summed E-state index contributed by atoms with van der Waals surface area (Å²) in [5.74, 6) is 0.146. The monoisotopic (exact) mass is 402 g/mol. The molecule has 2 heterocycles. The van der Waals surface area contributed by atoms with Crippen LogP contribution in [0.4, 0.5) is 36.2 Å². The molecule has 0 aliphatic carbocycles. The zero-order chi connectivity index (χ0) is 20.4. The number of halogens is 3. The molecule has 29 heavy (non-hydrogen) atoms. The molecule has 0 amide bonds. The lowest BCUT2D eigenvalue weighted by molar-refractivity contribution is -0.274. The van der Waals surface area contributed by atoms with E-state index in [1.165, 1.54) is 18.2 Å². The largest absolute Gasteiger partial charge is 0.573 e. The number of nitrogens with zero attached hydrogens (tertiary/aromatic N) is 4. The van der Waals surface area contributed by atoms with Gasteiger partial charge in [-0.25, -0.2) is 14.6 Å². The summed E-state index contributed by atoms with van der Waals surface area (Å²) < 4.78 is 46.0.